The average molecular weight is 294 g/mol. The topological polar surface area (TPSA) is 67.4 Å². The van der Waals surface area contributed by atoms with Crippen LogP contribution in [0.25, 0.3) is 0 Å². The van der Waals surface area contributed by atoms with Gasteiger partial charge in [-0.1, -0.05) is 12.1 Å². The van der Waals surface area contributed by atoms with Crippen molar-refractivity contribution < 1.29 is 18.7 Å². The van der Waals surface area contributed by atoms with Gasteiger partial charge in [-0.25, -0.2) is 4.39 Å². The number of ether oxygens (including phenoxy) is 1. The molecule has 1 aliphatic rings. The molecule has 1 fully saturated rings. The van der Waals surface area contributed by atoms with Crippen LogP contribution in [0.4, 0.5) is 4.39 Å². The van der Waals surface area contributed by atoms with E-state index in [1.54, 1.807) is 19.2 Å². The number of amides is 2. The van der Waals surface area contributed by atoms with Crippen LogP contribution in [0.3, 0.4) is 0 Å². The standard InChI is InChI=1S/C15H19FN2O3/c1-21-9-8-17-13(19)15(6-7-15)14(20)18-10-11-2-4-12(16)5-3-11/h2-5H,6-10H2,1H3,(H,17,19)(H,18,20). The maximum atomic E-state index is 12.8. The number of nitrogens with one attached hydrogen (secondary N) is 2. The highest BCUT2D eigenvalue weighted by Crippen LogP contribution is 2.46. The second-order valence-corrected chi connectivity index (χ2v) is 5.14. The molecule has 2 amide bonds. The van der Waals surface area contributed by atoms with Gasteiger partial charge in [0.1, 0.15) is 11.2 Å². The lowest BCUT2D eigenvalue weighted by Crippen LogP contribution is -2.43. The minimum Gasteiger partial charge on any atom is -0.383 e. The van der Waals surface area contributed by atoms with Crippen molar-refractivity contribution >= 4 is 11.8 Å². The smallest absolute Gasteiger partial charge is 0.235 e. The third-order valence-electron chi connectivity index (χ3n) is 3.58. The van der Waals surface area contributed by atoms with Gasteiger partial charge in [0.05, 0.1) is 6.61 Å². The van der Waals surface area contributed by atoms with E-state index in [2.05, 4.69) is 10.6 Å². The van der Waals surface area contributed by atoms with Crippen LogP contribution in [-0.4, -0.2) is 32.1 Å². The molecular weight excluding hydrogens is 275 g/mol. The molecule has 2 N–H and O–H groups in total. The molecule has 6 heteroatoms. The molecule has 0 atom stereocenters. The first-order chi connectivity index (χ1) is 10.1. The van der Waals surface area contributed by atoms with E-state index < -0.39 is 5.41 Å². The molecule has 1 aliphatic carbocycles. The summed E-state index contributed by atoms with van der Waals surface area (Å²) < 4.78 is 17.6. The molecule has 0 radical (unpaired) electrons. The highest BCUT2D eigenvalue weighted by atomic mass is 19.1. The number of benzene rings is 1. The number of hydrogen-bond donors (Lipinski definition) is 2. The first kappa shape index (κ1) is 15.4. The minimum absolute atomic E-state index is 0.254. The molecule has 0 bridgehead atoms. The Hall–Kier alpha value is -1.95. The lowest BCUT2D eigenvalue weighted by molar-refractivity contribution is -0.137. The van der Waals surface area contributed by atoms with Crippen LogP contribution in [0.5, 0.6) is 0 Å². The summed E-state index contributed by atoms with van der Waals surface area (Å²) >= 11 is 0. The van der Waals surface area contributed by atoms with E-state index in [0.29, 0.717) is 26.0 Å². The Morgan fingerprint density at radius 3 is 2.38 bits per heavy atom. The van der Waals surface area contributed by atoms with Gasteiger partial charge < -0.3 is 15.4 Å². The lowest BCUT2D eigenvalue weighted by atomic mass is 10.1. The van der Waals surface area contributed by atoms with Gasteiger partial charge in [0.15, 0.2) is 0 Å². The normalized spacial score (nSPS) is 15.3. The van der Waals surface area contributed by atoms with Crippen LogP contribution in [0.15, 0.2) is 24.3 Å². The predicted molar refractivity (Wildman–Crippen MR) is 74.8 cm³/mol. The first-order valence-corrected chi connectivity index (χ1v) is 6.88. The van der Waals surface area contributed by atoms with Crippen molar-refractivity contribution in [3.8, 4) is 0 Å². The van der Waals surface area contributed by atoms with Crippen molar-refractivity contribution in [2.45, 2.75) is 19.4 Å². The Labute approximate surface area is 122 Å². The summed E-state index contributed by atoms with van der Waals surface area (Å²) in [5, 5.41) is 5.44. The van der Waals surface area contributed by atoms with Gasteiger partial charge in [0.25, 0.3) is 0 Å². The van der Waals surface area contributed by atoms with Gasteiger partial charge in [0, 0.05) is 20.2 Å². The number of methoxy groups -OCH3 is 1. The quantitative estimate of drug-likeness (QED) is 0.582. The van der Waals surface area contributed by atoms with E-state index in [9.17, 15) is 14.0 Å². The average Bonchev–Trinajstić information content (AvgIpc) is 3.28. The van der Waals surface area contributed by atoms with Crippen LogP contribution in [0, 0.1) is 11.2 Å². The van der Waals surface area contributed by atoms with Crippen molar-refractivity contribution in [1.29, 1.82) is 0 Å². The van der Waals surface area contributed by atoms with Gasteiger partial charge in [-0.05, 0) is 30.5 Å². The molecule has 2 rings (SSSR count). The monoisotopic (exact) mass is 294 g/mol. The number of halogens is 1. The van der Waals surface area contributed by atoms with Crippen molar-refractivity contribution in [3.63, 3.8) is 0 Å². The van der Waals surface area contributed by atoms with Gasteiger partial charge in [-0.15, -0.1) is 0 Å². The van der Waals surface area contributed by atoms with Gasteiger partial charge in [-0.3, -0.25) is 9.59 Å². The van der Waals surface area contributed by atoms with Crippen LogP contribution < -0.4 is 10.6 Å². The fourth-order valence-electron chi connectivity index (χ4n) is 2.07. The van der Waals surface area contributed by atoms with E-state index >= 15 is 0 Å². The van der Waals surface area contributed by atoms with E-state index in [0.717, 1.165) is 5.56 Å². The second-order valence-electron chi connectivity index (χ2n) is 5.14. The lowest BCUT2D eigenvalue weighted by Gasteiger charge is -2.15. The maximum absolute atomic E-state index is 12.8. The second kappa shape index (κ2) is 6.67. The molecule has 0 spiro atoms. The Bertz CT molecular complexity index is 512. The minimum atomic E-state index is -0.937. The SMILES string of the molecule is COCCNC(=O)C1(C(=O)NCc2ccc(F)cc2)CC1. The molecule has 114 valence electrons. The van der Waals surface area contributed by atoms with E-state index in [4.69, 9.17) is 4.74 Å². The number of hydrogen-bond acceptors (Lipinski definition) is 3. The van der Waals surface area contributed by atoms with Gasteiger partial charge in [0.2, 0.25) is 11.8 Å². The number of carbonyl (C=O) groups excluding carboxylic acids is 2. The summed E-state index contributed by atoms with van der Waals surface area (Å²) in [6.07, 6.45) is 1.11. The van der Waals surface area contributed by atoms with Gasteiger partial charge in [-0.2, -0.15) is 0 Å². The molecule has 0 aliphatic heterocycles. The Morgan fingerprint density at radius 1 is 1.19 bits per heavy atom. The molecule has 0 unspecified atom stereocenters. The van der Waals surface area contributed by atoms with Crippen molar-refractivity contribution in [3.05, 3.63) is 35.6 Å². The molecule has 0 heterocycles. The maximum Gasteiger partial charge on any atom is 0.235 e. The summed E-state index contributed by atoms with van der Waals surface area (Å²) in [4.78, 5) is 24.2. The zero-order chi connectivity index (χ0) is 15.3. The van der Waals surface area contributed by atoms with Crippen LogP contribution in [0.2, 0.25) is 0 Å². The Morgan fingerprint density at radius 2 is 1.81 bits per heavy atom. The Kier molecular flexibility index (Phi) is 4.90. The number of rotatable bonds is 7. The molecule has 1 aromatic carbocycles. The van der Waals surface area contributed by atoms with E-state index in [1.165, 1.54) is 12.1 Å². The first-order valence-electron chi connectivity index (χ1n) is 6.88. The van der Waals surface area contributed by atoms with E-state index in [1.807, 2.05) is 0 Å². The van der Waals surface area contributed by atoms with Crippen molar-refractivity contribution in [2.75, 3.05) is 20.3 Å². The highest BCUT2D eigenvalue weighted by molar-refractivity contribution is 6.07. The van der Waals surface area contributed by atoms with Crippen molar-refractivity contribution in [2.24, 2.45) is 5.41 Å². The predicted octanol–water partition coefficient (Wildman–Crippen LogP) is 0.985. The molecule has 0 saturated heterocycles. The molecule has 1 saturated carbocycles. The summed E-state index contributed by atoms with van der Waals surface area (Å²) in [5.41, 5.74) is -0.145. The van der Waals surface area contributed by atoms with Gasteiger partial charge >= 0.3 is 0 Å². The van der Waals surface area contributed by atoms with Crippen LogP contribution in [-0.2, 0) is 20.9 Å². The van der Waals surface area contributed by atoms with Crippen LogP contribution >= 0.6 is 0 Å². The Balaban J connectivity index is 1.84. The highest BCUT2D eigenvalue weighted by Gasteiger charge is 2.56. The summed E-state index contributed by atoms with van der Waals surface area (Å²) in [7, 11) is 1.55. The zero-order valence-electron chi connectivity index (χ0n) is 11.9. The number of carbonyl (C=O) groups is 2. The summed E-state index contributed by atoms with van der Waals surface area (Å²) in [6.45, 7) is 1.09. The third kappa shape index (κ3) is 3.78. The fourth-order valence-corrected chi connectivity index (χ4v) is 2.07. The molecule has 5 nitrogen and oxygen atoms in total. The molecule has 21 heavy (non-hydrogen) atoms. The van der Waals surface area contributed by atoms with Crippen LogP contribution in [0.1, 0.15) is 18.4 Å². The van der Waals surface area contributed by atoms with E-state index in [-0.39, 0.29) is 24.2 Å². The van der Waals surface area contributed by atoms with Crippen molar-refractivity contribution in [1.82, 2.24) is 10.6 Å². The zero-order valence-corrected chi connectivity index (χ0v) is 11.9. The third-order valence-corrected chi connectivity index (χ3v) is 3.58. The largest absolute Gasteiger partial charge is 0.383 e. The summed E-state index contributed by atoms with van der Waals surface area (Å²) in [5.74, 6) is -0.848. The summed E-state index contributed by atoms with van der Waals surface area (Å²) in [6, 6.07) is 5.89. The molecule has 0 aromatic heterocycles. The fraction of sp³-hybridized carbons (Fsp3) is 0.467. The molecular formula is C15H19FN2O3. The molecule has 1 aromatic rings.